The Labute approximate surface area is 87.7 Å². The minimum Gasteiger partial charge on any atom is -0.477 e. The van der Waals surface area contributed by atoms with Gasteiger partial charge in [0.2, 0.25) is 0 Å². The van der Waals surface area contributed by atoms with Gasteiger partial charge in [-0.05, 0) is 37.3 Å². The second-order valence-corrected chi connectivity index (χ2v) is 3.76. The lowest BCUT2D eigenvalue weighted by Crippen LogP contribution is -2.12. The summed E-state index contributed by atoms with van der Waals surface area (Å²) >= 11 is 0. The van der Waals surface area contributed by atoms with E-state index in [4.69, 9.17) is 10.4 Å². The molecular weight excluding hydrogens is 192 g/mol. The molecule has 0 spiro atoms. The molecule has 1 N–H and O–H groups in total. The summed E-state index contributed by atoms with van der Waals surface area (Å²) in [5.74, 6) is -0.945. The van der Waals surface area contributed by atoms with Crippen LogP contribution in [0.2, 0.25) is 0 Å². The van der Waals surface area contributed by atoms with Gasteiger partial charge in [-0.1, -0.05) is 0 Å². The number of hydrogen-bond donors (Lipinski definition) is 1. The van der Waals surface area contributed by atoms with E-state index in [9.17, 15) is 4.79 Å². The van der Waals surface area contributed by atoms with Crippen molar-refractivity contribution in [3.05, 3.63) is 23.0 Å². The van der Waals surface area contributed by atoms with Gasteiger partial charge in [-0.3, -0.25) is 0 Å². The summed E-state index contributed by atoms with van der Waals surface area (Å²) in [5.41, 5.74) is 2.40. The van der Waals surface area contributed by atoms with E-state index in [0.29, 0.717) is 0 Å². The van der Waals surface area contributed by atoms with Crippen LogP contribution in [0.3, 0.4) is 0 Å². The molecule has 0 fully saturated rings. The van der Waals surface area contributed by atoms with Gasteiger partial charge >= 0.3 is 5.97 Å². The standard InChI is InChI=1S/C11H12N2O2/c12-5-6-13-9-4-2-1-3-8(9)7-10(13)11(14)15/h7H,1-4,6H2,(H,14,15). The third-order valence-corrected chi connectivity index (χ3v) is 2.86. The largest absolute Gasteiger partial charge is 0.477 e. The Bertz CT molecular complexity index is 440. The highest BCUT2D eigenvalue weighted by Gasteiger charge is 2.20. The number of rotatable bonds is 2. The first-order valence-corrected chi connectivity index (χ1v) is 5.05. The lowest BCUT2D eigenvalue weighted by atomic mass is 9.98. The van der Waals surface area contributed by atoms with Crippen molar-refractivity contribution in [3.63, 3.8) is 0 Å². The van der Waals surface area contributed by atoms with Gasteiger partial charge in [0.25, 0.3) is 0 Å². The maximum Gasteiger partial charge on any atom is 0.352 e. The minimum atomic E-state index is -0.945. The molecule has 1 aliphatic carbocycles. The topological polar surface area (TPSA) is 66.0 Å². The fourth-order valence-corrected chi connectivity index (χ4v) is 2.19. The molecule has 0 atom stereocenters. The van der Waals surface area contributed by atoms with Crippen molar-refractivity contribution in [2.75, 3.05) is 0 Å². The number of fused-ring (bicyclic) bond motifs is 1. The lowest BCUT2D eigenvalue weighted by molar-refractivity contribution is 0.0685. The smallest absolute Gasteiger partial charge is 0.352 e. The molecule has 0 unspecified atom stereocenters. The molecule has 1 aromatic heterocycles. The van der Waals surface area contributed by atoms with E-state index in [1.54, 1.807) is 10.6 Å². The van der Waals surface area contributed by atoms with Gasteiger partial charge < -0.3 is 9.67 Å². The van der Waals surface area contributed by atoms with Crippen LogP contribution in [0.4, 0.5) is 0 Å². The van der Waals surface area contributed by atoms with Crippen LogP contribution in [0.15, 0.2) is 6.07 Å². The summed E-state index contributed by atoms with van der Waals surface area (Å²) < 4.78 is 1.64. The highest BCUT2D eigenvalue weighted by atomic mass is 16.4. The molecule has 15 heavy (non-hydrogen) atoms. The molecule has 0 aromatic carbocycles. The van der Waals surface area contributed by atoms with Crippen molar-refractivity contribution in [1.82, 2.24) is 4.57 Å². The molecule has 1 heterocycles. The maximum atomic E-state index is 11.0. The molecule has 2 rings (SSSR count). The van der Waals surface area contributed by atoms with E-state index >= 15 is 0 Å². The van der Waals surface area contributed by atoms with Gasteiger partial charge in [-0.2, -0.15) is 5.26 Å². The predicted octanol–water partition coefficient (Wildman–Crippen LogP) is 1.59. The van der Waals surface area contributed by atoms with Crippen LogP contribution in [0, 0.1) is 11.3 Å². The lowest BCUT2D eigenvalue weighted by Gasteiger charge is -2.14. The summed E-state index contributed by atoms with van der Waals surface area (Å²) in [6.07, 6.45) is 4.03. The van der Waals surface area contributed by atoms with E-state index in [2.05, 4.69) is 0 Å². The Balaban J connectivity index is 2.51. The molecule has 78 valence electrons. The Morgan fingerprint density at radius 2 is 2.27 bits per heavy atom. The predicted molar refractivity (Wildman–Crippen MR) is 53.6 cm³/mol. The third-order valence-electron chi connectivity index (χ3n) is 2.86. The van der Waals surface area contributed by atoms with Crippen LogP contribution in [0.1, 0.15) is 34.6 Å². The number of aromatic nitrogens is 1. The van der Waals surface area contributed by atoms with Gasteiger partial charge in [-0.25, -0.2) is 4.79 Å². The molecule has 1 aliphatic rings. The monoisotopic (exact) mass is 204 g/mol. The van der Waals surface area contributed by atoms with Crippen molar-refractivity contribution < 1.29 is 9.90 Å². The summed E-state index contributed by atoms with van der Waals surface area (Å²) in [6.45, 7) is 0.136. The zero-order chi connectivity index (χ0) is 10.8. The van der Waals surface area contributed by atoms with Crippen molar-refractivity contribution in [2.24, 2.45) is 0 Å². The highest BCUT2D eigenvalue weighted by Crippen LogP contribution is 2.25. The first-order valence-electron chi connectivity index (χ1n) is 5.05. The molecule has 1 aromatic rings. The number of carboxylic acids is 1. The number of nitriles is 1. The molecule has 4 nitrogen and oxygen atoms in total. The molecule has 0 bridgehead atoms. The number of aromatic carboxylic acids is 1. The highest BCUT2D eigenvalue weighted by molar-refractivity contribution is 5.86. The molecule has 0 radical (unpaired) electrons. The van der Waals surface area contributed by atoms with Crippen LogP contribution in [0.25, 0.3) is 0 Å². The average Bonchev–Trinajstić information content (AvgIpc) is 2.58. The first kappa shape index (κ1) is 9.78. The van der Waals surface area contributed by atoms with E-state index in [1.807, 2.05) is 6.07 Å². The van der Waals surface area contributed by atoms with E-state index in [-0.39, 0.29) is 12.2 Å². The molecule has 0 saturated heterocycles. The third kappa shape index (κ3) is 1.61. The normalized spacial score (nSPS) is 14.3. The average molecular weight is 204 g/mol. The molecule has 4 heteroatoms. The van der Waals surface area contributed by atoms with Crippen molar-refractivity contribution in [3.8, 4) is 6.07 Å². The van der Waals surface area contributed by atoms with Crippen LogP contribution in [-0.2, 0) is 19.4 Å². The van der Waals surface area contributed by atoms with Crippen LogP contribution in [0.5, 0.6) is 0 Å². The second-order valence-electron chi connectivity index (χ2n) is 3.76. The zero-order valence-electron chi connectivity index (χ0n) is 8.36. The van der Waals surface area contributed by atoms with Gasteiger partial charge in [0, 0.05) is 5.69 Å². The number of aryl methyl sites for hydroxylation is 1. The number of carbonyl (C=O) groups is 1. The molecule has 0 aliphatic heterocycles. The van der Waals surface area contributed by atoms with E-state index in [1.165, 1.54) is 0 Å². The Hall–Kier alpha value is -1.76. The fourth-order valence-electron chi connectivity index (χ4n) is 2.19. The van der Waals surface area contributed by atoms with Crippen LogP contribution < -0.4 is 0 Å². The Morgan fingerprint density at radius 1 is 1.53 bits per heavy atom. The van der Waals surface area contributed by atoms with Gasteiger partial charge in [-0.15, -0.1) is 0 Å². The fraction of sp³-hybridized carbons (Fsp3) is 0.455. The van der Waals surface area contributed by atoms with Gasteiger partial charge in [0.15, 0.2) is 0 Å². The number of hydrogen-bond acceptors (Lipinski definition) is 2. The van der Waals surface area contributed by atoms with Gasteiger partial charge in [0.05, 0.1) is 6.07 Å². The Morgan fingerprint density at radius 3 is 2.93 bits per heavy atom. The van der Waals surface area contributed by atoms with Crippen LogP contribution >= 0.6 is 0 Å². The number of nitrogens with zero attached hydrogens (tertiary/aromatic N) is 2. The van der Waals surface area contributed by atoms with Crippen molar-refractivity contribution in [2.45, 2.75) is 32.2 Å². The quantitative estimate of drug-likeness (QED) is 0.795. The zero-order valence-corrected chi connectivity index (χ0v) is 8.36. The van der Waals surface area contributed by atoms with Crippen molar-refractivity contribution in [1.29, 1.82) is 5.26 Å². The van der Waals surface area contributed by atoms with E-state index in [0.717, 1.165) is 36.9 Å². The van der Waals surface area contributed by atoms with Crippen LogP contribution in [-0.4, -0.2) is 15.6 Å². The summed E-state index contributed by atoms with van der Waals surface area (Å²) in [7, 11) is 0. The second kappa shape index (κ2) is 3.77. The Kier molecular flexibility index (Phi) is 2.46. The molecule has 0 saturated carbocycles. The molecule has 0 amide bonds. The first-order chi connectivity index (χ1) is 7.24. The maximum absolute atomic E-state index is 11.0. The summed E-state index contributed by atoms with van der Waals surface area (Å²) in [6, 6.07) is 3.73. The SMILES string of the molecule is N#CCn1c(C(=O)O)cc2c1CCCC2. The minimum absolute atomic E-state index is 0.136. The number of carboxylic acid groups (broad SMARTS) is 1. The van der Waals surface area contributed by atoms with Crippen molar-refractivity contribution >= 4 is 5.97 Å². The molecular formula is C11H12N2O2. The van der Waals surface area contributed by atoms with Gasteiger partial charge in [0.1, 0.15) is 12.2 Å². The van der Waals surface area contributed by atoms with E-state index < -0.39 is 5.97 Å². The summed E-state index contributed by atoms with van der Waals surface area (Å²) in [4.78, 5) is 11.0. The summed E-state index contributed by atoms with van der Waals surface area (Å²) in [5, 5.41) is 17.7.